The number of carbonyl (C=O) groups is 1. The monoisotopic (exact) mass is 460 g/mol. The van der Waals surface area contributed by atoms with Crippen LogP contribution < -0.4 is 9.64 Å². The molecule has 0 bridgehead atoms. The molecule has 3 aromatic rings. The molecule has 6 nitrogen and oxygen atoms in total. The van der Waals surface area contributed by atoms with Gasteiger partial charge in [-0.2, -0.15) is 0 Å². The number of anilines is 1. The number of amides is 1. The normalized spacial score (nSPS) is 16.3. The molecule has 2 heterocycles. The molecule has 1 aromatic heterocycles. The van der Waals surface area contributed by atoms with Gasteiger partial charge in [0.2, 0.25) is 5.88 Å². The lowest BCUT2D eigenvalue weighted by Gasteiger charge is -2.40. The number of piperazine rings is 1. The van der Waals surface area contributed by atoms with Gasteiger partial charge in [-0.15, -0.1) is 0 Å². The molecule has 0 radical (unpaired) electrons. The molecular weight excluding hydrogens is 442 g/mol. The van der Waals surface area contributed by atoms with E-state index in [2.05, 4.69) is 14.9 Å². The van der Waals surface area contributed by atoms with Crippen LogP contribution in [0.5, 0.6) is 11.6 Å². The second-order valence-electron chi connectivity index (χ2n) is 7.16. The third-order valence-electron chi connectivity index (χ3n) is 5.05. The second kappa shape index (κ2) is 9.08. The third kappa shape index (κ3) is 4.73. The Hall–Kier alpha value is -2.90. The van der Waals surface area contributed by atoms with E-state index in [1.54, 1.807) is 30.3 Å². The highest BCUT2D eigenvalue weighted by Crippen LogP contribution is 2.30. The van der Waals surface area contributed by atoms with Crippen LogP contribution in [-0.2, 0) is 0 Å². The molecule has 4 rings (SSSR count). The van der Waals surface area contributed by atoms with E-state index in [9.17, 15) is 9.18 Å². The number of carbonyl (C=O) groups excluding carboxylic acids is 1. The third-order valence-corrected chi connectivity index (χ3v) is 5.68. The number of nitrogens with zero attached hydrogens (tertiary/aromatic N) is 4. The van der Waals surface area contributed by atoms with Gasteiger partial charge in [0.25, 0.3) is 5.91 Å². The van der Waals surface area contributed by atoms with Gasteiger partial charge in [0, 0.05) is 31.7 Å². The topological polar surface area (TPSA) is 58.6 Å². The summed E-state index contributed by atoms with van der Waals surface area (Å²) < 4.78 is 18.9. The first-order valence-electron chi connectivity index (χ1n) is 9.68. The molecule has 0 unspecified atom stereocenters. The van der Waals surface area contributed by atoms with Crippen LogP contribution >= 0.6 is 23.2 Å². The van der Waals surface area contributed by atoms with E-state index in [4.69, 9.17) is 27.9 Å². The van der Waals surface area contributed by atoms with Gasteiger partial charge in [-0.1, -0.05) is 35.3 Å². The smallest absolute Gasteiger partial charge is 0.255 e. The van der Waals surface area contributed by atoms with Crippen LogP contribution in [0.25, 0.3) is 0 Å². The Kier molecular flexibility index (Phi) is 6.25. The van der Waals surface area contributed by atoms with Gasteiger partial charge in [0.1, 0.15) is 23.7 Å². The minimum absolute atomic E-state index is 0.0524. The van der Waals surface area contributed by atoms with E-state index in [1.165, 1.54) is 24.5 Å². The summed E-state index contributed by atoms with van der Waals surface area (Å²) in [5.74, 6) is 0.728. The molecule has 1 fully saturated rings. The van der Waals surface area contributed by atoms with Crippen molar-refractivity contribution < 1.29 is 13.9 Å². The molecule has 1 atom stereocenters. The van der Waals surface area contributed by atoms with E-state index < -0.39 is 5.82 Å². The van der Waals surface area contributed by atoms with Crippen molar-refractivity contribution in [2.24, 2.45) is 0 Å². The second-order valence-corrected chi connectivity index (χ2v) is 7.98. The van der Waals surface area contributed by atoms with Crippen molar-refractivity contribution in [3.8, 4) is 11.6 Å². The fraction of sp³-hybridized carbons (Fsp3) is 0.227. The summed E-state index contributed by atoms with van der Waals surface area (Å²) in [5, 5.41) is 0.597. The Morgan fingerprint density at radius 2 is 1.90 bits per heavy atom. The van der Waals surface area contributed by atoms with Crippen molar-refractivity contribution in [1.82, 2.24) is 14.9 Å². The summed E-state index contributed by atoms with van der Waals surface area (Å²) in [6, 6.07) is 12.6. The Morgan fingerprint density at radius 3 is 2.65 bits per heavy atom. The molecule has 0 N–H and O–H groups in total. The quantitative estimate of drug-likeness (QED) is 0.544. The largest absolute Gasteiger partial charge is 0.437 e. The van der Waals surface area contributed by atoms with E-state index in [0.29, 0.717) is 47.7 Å². The van der Waals surface area contributed by atoms with Gasteiger partial charge in [0.15, 0.2) is 0 Å². The number of ether oxygens (including phenoxy) is 1. The van der Waals surface area contributed by atoms with E-state index in [0.717, 1.165) is 0 Å². The molecule has 1 aliphatic rings. The van der Waals surface area contributed by atoms with E-state index in [-0.39, 0.29) is 17.0 Å². The molecular formula is C22H19Cl2FN4O2. The number of hydrogen-bond acceptors (Lipinski definition) is 5. The van der Waals surface area contributed by atoms with Crippen LogP contribution in [0.2, 0.25) is 10.0 Å². The van der Waals surface area contributed by atoms with Gasteiger partial charge < -0.3 is 14.5 Å². The highest BCUT2D eigenvalue weighted by Gasteiger charge is 2.29. The van der Waals surface area contributed by atoms with Crippen molar-refractivity contribution in [2.75, 3.05) is 24.5 Å². The maximum atomic E-state index is 13.2. The van der Waals surface area contributed by atoms with Crippen LogP contribution in [0, 0.1) is 5.82 Å². The lowest BCUT2D eigenvalue weighted by atomic mass is 10.1. The number of aromatic nitrogens is 2. The predicted octanol–water partition coefficient (Wildman–Crippen LogP) is 5.07. The minimum Gasteiger partial charge on any atom is -0.437 e. The minimum atomic E-state index is -0.445. The van der Waals surface area contributed by atoms with Gasteiger partial charge in [-0.3, -0.25) is 4.79 Å². The SMILES string of the molecule is C[C@@H]1CN(c2cc(Oc3ccc(F)cc3Cl)ncn2)CCN1C(=O)c1ccccc1Cl. The van der Waals surface area contributed by atoms with Crippen LogP contribution in [0.1, 0.15) is 17.3 Å². The summed E-state index contributed by atoms with van der Waals surface area (Å²) in [5.41, 5.74) is 0.498. The van der Waals surface area contributed by atoms with Crippen molar-refractivity contribution in [2.45, 2.75) is 13.0 Å². The lowest BCUT2D eigenvalue weighted by Crippen LogP contribution is -2.54. The van der Waals surface area contributed by atoms with Crippen molar-refractivity contribution in [3.63, 3.8) is 0 Å². The zero-order valence-electron chi connectivity index (χ0n) is 16.6. The first-order chi connectivity index (χ1) is 14.9. The van der Waals surface area contributed by atoms with E-state index in [1.807, 2.05) is 11.8 Å². The zero-order chi connectivity index (χ0) is 22.0. The predicted molar refractivity (Wildman–Crippen MR) is 118 cm³/mol. The molecule has 0 spiro atoms. The number of benzene rings is 2. The zero-order valence-corrected chi connectivity index (χ0v) is 18.1. The van der Waals surface area contributed by atoms with Crippen molar-refractivity contribution >= 4 is 34.9 Å². The lowest BCUT2D eigenvalue weighted by molar-refractivity contribution is 0.0674. The average molecular weight is 461 g/mol. The van der Waals surface area contributed by atoms with Gasteiger partial charge in [0.05, 0.1) is 15.6 Å². The fourth-order valence-corrected chi connectivity index (χ4v) is 3.91. The highest BCUT2D eigenvalue weighted by molar-refractivity contribution is 6.33. The number of halogens is 3. The maximum Gasteiger partial charge on any atom is 0.255 e. The summed E-state index contributed by atoms with van der Waals surface area (Å²) in [7, 11) is 0. The molecule has 160 valence electrons. The summed E-state index contributed by atoms with van der Waals surface area (Å²) >= 11 is 12.2. The molecule has 2 aromatic carbocycles. The summed E-state index contributed by atoms with van der Waals surface area (Å²) in [6.45, 7) is 3.69. The molecule has 0 aliphatic carbocycles. The van der Waals surface area contributed by atoms with Crippen LogP contribution in [0.4, 0.5) is 10.2 Å². The first kappa shape index (κ1) is 21.3. The molecule has 0 saturated carbocycles. The van der Waals surface area contributed by atoms with Crippen LogP contribution in [0.3, 0.4) is 0 Å². The average Bonchev–Trinajstić information content (AvgIpc) is 2.76. The first-order valence-corrected chi connectivity index (χ1v) is 10.4. The molecule has 1 amide bonds. The number of hydrogen-bond donors (Lipinski definition) is 0. The summed E-state index contributed by atoms with van der Waals surface area (Å²) in [6.07, 6.45) is 1.40. The van der Waals surface area contributed by atoms with Gasteiger partial charge >= 0.3 is 0 Å². The Labute approximate surface area is 189 Å². The molecule has 31 heavy (non-hydrogen) atoms. The number of rotatable bonds is 4. The molecule has 1 saturated heterocycles. The van der Waals surface area contributed by atoms with Crippen LogP contribution in [0.15, 0.2) is 54.9 Å². The van der Waals surface area contributed by atoms with Gasteiger partial charge in [-0.25, -0.2) is 14.4 Å². The Bertz CT molecular complexity index is 1110. The van der Waals surface area contributed by atoms with Crippen LogP contribution in [-0.4, -0.2) is 46.5 Å². The Morgan fingerprint density at radius 1 is 1.10 bits per heavy atom. The van der Waals surface area contributed by atoms with Crippen molar-refractivity contribution in [3.05, 3.63) is 76.3 Å². The summed E-state index contributed by atoms with van der Waals surface area (Å²) in [4.78, 5) is 25.2. The van der Waals surface area contributed by atoms with Crippen molar-refractivity contribution in [1.29, 1.82) is 0 Å². The standard InChI is InChI=1S/C22H19Cl2FN4O2/c1-14-12-28(8-9-29(14)22(30)16-4-2-3-5-17(16)23)20-11-21(27-13-26-20)31-19-7-6-15(25)10-18(19)24/h2-7,10-11,13-14H,8-9,12H2,1H3/t14-/m1/s1. The molecule has 9 heteroatoms. The van der Waals surface area contributed by atoms with Gasteiger partial charge in [-0.05, 0) is 37.3 Å². The highest BCUT2D eigenvalue weighted by atomic mass is 35.5. The fourth-order valence-electron chi connectivity index (χ4n) is 3.49. The van der Waals surface area contributed by atoms with E-state index >= 15 is 0 Å². The Balaban J connectivity index is 1.46. The maximum absolute atomic E-state index is 13.2. The molecule has 1 aliphatic heterocycles.